The van der Waals surface area contributed by atoms with E-state index in [1.54, 1.807) is 4.68 Å². The number of carbonyl (C=O) groups is 1. The van der Waals surface area contributed by atoms with Crippen LogP contribution in [0, 0.1) is 13.8 Å². The lowest BCUT2D eigenvalue weighted by atomic mass is 10.1. The minimum absolute atomic E-state index is 0.189. The first-order valence-electron chi connectivity index (χ1n) is 5.78. The minimum Gasteiger partial charge on any atom is -0.324 e. The number of nitrogens with two attached hydrogens (primary N) is 1. The summed E-state index contributed by atoms with van der Waals surface area (Å²) in [5, 5.41) is 7.10. The molecule has 1 aromatic carbocycles. The highest BCUT2D eigenvalue weighted by molar-refractivity contribution is 9.10. The summed E-state index contributed by atoms with van der Waals surface area (Å²) < 4.78 is 2.56. The average molecular weight is 322 g/mol. The number of benzene rings is 1. The Kier molecular flexibility index (Phi) is 2.68. The Morgan fingerprint density at radius 2 is 2.16 bits per heavy atom. The number of hydrogen-bond acceptors (Lipinski definition) is 4. The lowest BCUT2D eigenvalue weighted by molar-refractivity contribution is -0.116. The van der Waals surface area contributed by atoms with Gasteiger partial charge >= 0.3 is 0 Å². The van der Waals surface area contributed by atoms with Crippen LogP contribution in [0.2, 0.25) is 0 Å². The molecule has 3 rings (SSSR count). The molecule has 7 heteroatoms. The van der Waals surface area contributed by atoms with Gasteiger partial charge in [-0.25, -0.2) is 9.67 Å². The fourth-order valence-electron chi connectivity index (χ4n) is 2.21. The number of nitrogens with zero attached hydrogens (tertiary/aromatic N) is 3. The van der Waals surface area contributed by atoms with E-state index >= 15 is 0 Å². The Hall–Kier alpha value is -1.73. The second kappa shape index (κ2) is 4.14. The number of aryl methyl sites for hydroxylation is 2. The Bertz CT molecular complexity index is 694. The molecule has 1 unspecified atom stereocenters. The molecule has 0 radical (unpaired) electrons. The predicted molar refractivity (Wildman–Crippen MR) is 74.1 cm³/mol. The van der Waals surface area contributed by atoms with Gasteiger partial charge in [0.1, 0.15) is 17.7 Å². The predicted octanol–water partition coefficient (Wildman–Crippen LogP) is 1.60. The summed E-state index contributed by atoms with van der Waals surface area (Å²) in [7, 11) is 0. The van der Waals surface area contributed by atoms with Crippen LogP contribution in [0.5, 0.6) is 0 Å². The Balaban J connectivity index is 2.18. The molecule has 6 nitrogen and oxygen atoms in total. The summed E-state index contributed by atoms with van der Waals surface area (Å²) in [6.45, 7) is 3.71. The number of anilines is 1. The number of halogens is 1. The maximum absolute atomic E-state index is 11.6. The molecule has 98 valence electrons. The van der Waals surface area contributed by atoms with Crippen molar-refractivity contribution >= 4 is 27.5 Å². The highest BCUT2D eigenvalue weighted by Gasteiger charge is 2.28. The Morgan fingerprint density at radius 1 is 1.42 bits per heavy atom. The van der Waals surface area contributed by atoms with Crippen molar-refractivity contribution in [1.82, 2.24) is 14.8 Å². The molecule has 2 aromatic rings. The van der Waals surface area contributed by atoms with E-state index in [-0.39, 0.29) is 5.91 Å². The maximum Gasteiger partial charge on any atom is 0.245 e. The topological polar surface area (TPSA) is 85.8 Å². The number of hydrogen-bond donors (Lipinski definition) is 2. The van der Waals surface area contributed by atoms with E-state index in [0.717, 1.165) is 27.2 Å². The van der Waals surface area contributed by atoms with Crippen molar-refractivity contribution in [2.45, 2.75) is 19.9 Å². The van der Waals surface area contributed by atoms with Gasteiger partial charge in [0.15, 0.2) is 0 Å². The maximum atomic E-state index is 11.6. The van der Waals surface area contributed by atoms with E-state index in [0.29, 0.717) is 5.82 Å². The largest absolute Gasteiger partial charge is 0.324 e. The van der Waals surface area contributed by atoms with Crippen molar-refractivity contribution in [3.8, 4) is 5.69 Å². The van der Waals surface area contributed by atoms with Gasteiger partial charge in [-0.05, 0) is 41.9 Å². The van der Waals surface area contributed by atoms with Crippen LogP contribution in [0.25, 0.3) is 5.69 Å². The standard InChI is InChI=1S/C12H12BrN5O/c1-5-15-6(2)18(17-5)10-4-9-7(3-8(10)13)11(14)12(19)16-9/h3-4,11H,14H2,1-2H3,(H,16,19). The fraction of sp³-hybridized carbons (Fsp3) is 0.250. The summed E-state index contributed by atoms with van der Waals surface area (Å²) >= 11 is 3.49. The summed E-state index contributed by atoms with van der Waals surface area (Å²) in [5.41, 5.74) is 8.15. The van der Waals surface area contributed by atoms with Crippen LogP contribution in [0.3, 0.4) is 0 Å². The molecule has 1 aliphatic rings. The van der Waals surface area contributed by atoms with E-state index in [1.807, 2.05) is 26.0 Å². The molecule has 0 saturated carbocycles. The van der Waals surface area contributed by atoms with Crippen molar-refractivity contribution in [2.24, 2.45) is 5.73 Å². The molecule has 0 spiro atoms. The summed E-state index contributed by atoms with van der Waals surface area (Å²) in [6.07, 6.45) is 0. The molecule has 0 bridgehead atoms. The summed E-state index contributed by atoms with van der Waals surface area (Å²) in [5.74, 6) is 1.29. The smallest absolute Gasteiger partial charge is 0.245 e. The van der Waals surface area contributed by atoms with Gasteiger partial charge in [-0.3, -0.25) is 4.79 Å². The molecule has 1 atom stereocenters. The molecular weight excluding hydrogens is 310 g/mol. The van der Waals surface area contributed by atoms with Gasteiger partial charge in [0, 0.05) is 15.7 Å². The van der Waals surface area contributed by atoms with Gasteiger partial charge in [0.2, 0.25) is 5.91 Å². The number of nitrogens with one attached hydrogen (secondary N) is 1. The van der Waals surface area contributed by atoms with E-state index in [9.17, 15) is 4.79 Å². The molecule has 1 aromatic heterocycles. The molecule has 0 saturated heterocycles. The third-order valence-corrected chi connectivity index (χ3v) is 3.73. The lowest BCUT2D eigenvalue weighted by Crippen LogP contribution is -2.19. The first kappa shape index (κ1) is 12.3. The zero-order valence-corrected chi connectivity index (χ0v) is 12.0. The van der Waals surface area contributed by atoms with E-state index in [2.05, 4.69) is 31.3 Å². The van der Waals surface area contributed by atoms with Gasteiger partial charge in [-0.15, -0.1) is 0 Å². The first-order valence-corrected chi connectivity index (χ1v) is 6.57. The van der Waals surface area contributed by atoms with Crippen LogP contribution in [0.15, 0.2) is 16.6 Å². The van der Waals surface area contributed by atoms with Gasteiger partial charge in [0.25, 0.3) is 0 Å². The first-order chi connectivity index (χ1) is 8.97. The normalized spacial score (nSPS) is 17.5. The second-order valence-corrected chi connectivity index (χ2v) is 5.33. The third-order valence-electron chi connectivity index (χ3n) is 3.10. The highest BCUT2D eigenvalue weighted by atomic mass is 79.9. The quantitative estimate of drug-likeness (QED) is 0.835. The summed E-state index contributed by atoms with van der Waals surface area (Å²) in [6, 6.07) is 3.09. The molecule has 2 heterocycles. The number of amides is 1. The Morgan fingerprint density at radius 3 is 2.79 bits per heavy atom. The average Bonchev–Trinajstić information content (AvgIpc) is 2.81. The molecule has 1 amide bonds. The van der Waals surface area contributed by atoms with Gasteiger partial charge in [-0.1, -0.05) is 0 Å². The zero-order chi connectivity index (χ0) is 13.7. The molecule has 19 heavy (non-hydrogen) atoms. The van der Waals surface area contributed by atoms with E-state index in [4.69, 9.17) is 5.73 Å². The van der Waals surface area contributed by atoms with Gasteiger partial charge in [-0.2, -0.15) is 5.10 Å². The van der Waals surface area contributed by atoms with Crippen molar-refractivity contribution in [1.29, 1.82) is 0 Å². The van der Waals surface area contributed by atoms with Crippen molar-refractivity contribution in [2.75, 3.05) is 5.32 Å². The van der Waals surface area contributed by atoms with Crippen molar-refractivity contribution in [3.63, 3.8) is 0 Å². The monoisotopic (exact) mass is 321 g/mol. The summed E-state index contributed by atoms with van der Waals surface area (Å²) in [4.78, 5) is 15.8. The number of aromatic nitrogens is 3. The van der Waals surface area contributed by atoms with Crippen LogP contribution in [-0.2, 0) is 4.79 Å². The van der Waals surface area contributed by atoms with E-state index in [1.165, 1.54) is 0 Å². The number of rotatable bonds is 1. The van der Waals surface area contributed by atoms with Crippen LogP contribution in [-0.4, -0.2) is 20.7 Å². The highest BCUT2D eigenvalue weighted by Crippen LogP contribution is 2.35. The molecule has 3 N–H and O–H groups in total. The van der Waals surface area contributed by atoms with Crippen LogP contribution in [0.4, 0.5) is 5.69 Å². The molecule has 1 aliphatic heterocycles. The van der Waals surface area contributed by atoms with Crippen LogP contribution >= 0.6 is 15.9 Å². The number of carbonyl (C=O) groups excluding carboxylic acids is 1. The van der Waals surface area contributed by atoms with Gasteiger partial charge in [0.05, 0.1) is 5.69 Å². The van der Waals surface area contributed by atoms with Crippen molar-refractivity contribution < 1.29 is 4.79 Å². The van der Waals surface area contributed by atoms with E-state index < -0.39 is 6.04 Å². The Labute approximate surface area is 118 Å². The molecule has 0 aliphatic carbocycles. The zero-order valence-electron chi connectivity index (χ0n) is 10.4. The van der Waals surface area contributed by atoms with Crippen LogP contribution in [0.1, 0.15) is 23.3 Å². The van der Waals surface area contributed by atoms with Crippen LogP contribution < -0.4 is 11.1 Å². The minimum atomic E-state index is -0.612. The lowest BCUT2D eigenvalue weighted by Gasteiger charge is -2.09. The second-order valence-electron chi connectivity index (χ2n) is 4.48. The molecular formula is C12H12BrN5O. The fourth-order valence-corrected chi connectivity index (χ4v) is 2.74. The molecule has 0 fully saturated rings. The third kappa shape index (κ3) is 1.85. The number of fused-ring (bicyclic) bond motifs is 1. The SMILES string of the molecule is Cc1nc(C)n(-c2cc3c(cc2Br)C(N)C(=O)N3)n1. The van der Waals surface area contributed by atoms with Crippen molar-refractivity contribution in [3.05, 3.63) is 33.8 Å². The van der Waals surface area contributed by atoms with Gasteiger partial charge < -0.3 is 11.1 Å².